The Morgan fingerprint density at radius 1 is 1.28 bits per heavy atom. The number of guanidine groups is 1. The van der Waals surface area contributed by atoms with E-state index in [2.05, 4.69) is 31.0 Å². The third-order valence-electron chi connectivity index (χ3n) is 5.01. The minimum atomic E-state index is -0.287. The molecular formula is C18H35IN4OS. The van der Waals surface area contributed by atoms with E-state index in [4.69, 9.17) is 4.99 Å². The van der Waals surface area contributed by atoms with E-state index in [1.165, 1.54) is 0 Å². The van der Waals surface area contributed by atoms with Gasteiger partial charge in [0.2, 0.25) is 5.91 Å². The van der Waals surface area contributed by atoms with E-state index >= 15 is 0 Å². The summed E-state index contributed by atoms with van der Waals surface area (Å²) in [7, 11) is 3.73. The van der Waals surface area contributed by atoms with Gasteiger partial charge in [-0.25, -0.2) is 0 Å². The normalized spacial score (nSPS) is 22.3. The Hall–Kier alpha value is -0.180. The predicted octanol–water partition coefficient (Wildman–Crippen LogP) is 3.05. The molecule has 0 aromatic carbocycles. The van der Waals surface area contributed by atoms with Crippen molar-refractivity contribution in [2.45, 2.75) is 51.2 Å². The van der Waals surface area contributed by atoms with Crippen LogP contribution in [0.15, 0.2) is 4.99 Å². The fourth-order valence-corrected chi connectivity index (χ4v) is 4.93. The summed E-state index contributed by atoms with van der Waals surface area (Å²) in [5.41, 5.74) is -0.287. The smallest absolute Gasteiger partial charge is 0.230 e. The van der Waals surface area contributed by atoms with Gasteiger partial charge in [-0.05, 0) is 33.6 Å². The third-order valence-corrected chi connectivity index (χ3v) is 6.31. The molecule has 1 aliphatic heterocycles. The average molecular weight is 482 g/mol. The van der Waals surface area contributed by atoms with Gasteiger partial charge in [0.25, 0.3) is 0 Å². The molecule has 0 bridgehead atoms. The van der Waals surface area contributed by atoms with Crippen molar-refractivity contribution in [1.82, 2.24) is 15.1 Å². The van der Waals surface area contributed by atoms with E-state index in [9.17, 15) is 4.79 Å². The fraction of sp³-hybridized carbons (Fsp3) is 0.889. The number of thioether (sulfide) groups is 1. The first-order chi connectivity index (χ1) is 11.3. The van der Waals surface area contributed by atoms with E-state index in [-0.39, 0.29) is 40.0 Å². The Labute approximate surface area is 174 Å². The molecule has 1 saturated heterocycles. The van der Waals surface area contributed by atoms with Crippen molar-refractivity contribution in [3.8, 4) is 0 Å². The number of nitrogens with zero attached hydrogens (tertiary/aromatic N) is 3. The average Bonchev–Trinajstić information content (AvgIpc) is 2.99. The molecule has 0 spiro atoms. The van der Waals surface area contributed by atoms with Crippen LogP contribution in [-0.4, -0.2) is 72.4 Å². The highest BCUT2D eigenvalue weighted by Gasteiger charge is 2.42. The number of rotatable bonds is 4. The van der Waals surface area contributed by atoms with Crippen LogP contribution in [-0.2, 0) is 4.79 Å². The van der Waals surface area contributed by atoms with Gasteiger partial charge in [-0.1, -0.05) is 12.8 Å². The van der Waals surface area contributed by atoms with Crippen molar-refractivity contribution in [2.75, 3.05) is 46.0 Å². The van der Waals surface area contributed by atoms with Crippen LogP contribution in [0.4, 0.5) is 0 Å². The summed E-state index contributed by atoms with van der Waals surface area (Å²) in [6.07, 6.45) is 4.21. The zero-order valence-electron chi connectivity index (χ0n) is 16.4. The molecule has 0 atom stereocenters. The number of carbonyl (C=O) groups excluding carboxylic acids is 1. The Morgan fingerprint density at radius 2 is 1.92 bits per heavy atom. The van der Waals surface area contributed by atoms with Gasteiger partial charge in [0.05, 0.1) is 12.0 Å². The van der Waals surface area contributed by atoms with Crippen LogP contribution >= 0.6 is 35.7 Å². The van der Waals surface area contributed by atoms with Crippen molar-refractivity contribution >= 4 is 47.6 Å². The lowest BCUT2D eigenvalue weighted by molar-refractivity contribution is -0.138. The lowest BCUT2D eigenvalue weighted by Crippen LogP contribution is -2.51. The minimum absolute atomic E-state index is 0. The Balaban J connectivity index is 0.00000312. The van der Waals surface area contributed by atoms with Crippen LogP contribution in [0.5, 0.6) is 0 Å². The van der Waals surface area contributed by atoms with E-state index in [1.54, 1.807) is 4.90 Å². The molecule has 0 unspecified atom stereocenters. The molecule has 146 valence electrons. The van der Waals surface area contributed by atoms with Crippen LogP contribution in [0.2, 0.25) is 0 Å². The maximum Gasteiger partial charge on any atom is 0.230 e. The Morgan fingerprint density at radius 3 is 2.44 bits per heavy atom. The van der Waals surface area contributed by atoms with Crippen molar-refractivity contribution in [3.63, 3.8) is 0 Å². The fourth-order valence-electron chi connectivity index (χ4n) is 3.82. The number of amides is 1. The number of aliphatic imine (C=N–C) groups is 1. The summed E-state index contributed by atoms with van der Waals surface area (Å²) in [5, 5.41) is 3.44. The lowest BCUT2D eigenvalue weighted by Gasteiger charge is -2.39. The highest BCUT2D eigenvalue weighted by Crippen LogP contribution is 2.40. The first-order valence-corrected chi connectivity index (χ1v) is 10.2. The highest BCUT2D eigenvalue weighted by molar-refractivity contribution is 14.0. The van der Waals surface area contributed by atoms with Gasteiger partial charge in [-0.15, -0.1) is 24.0 Å². The van der Waals surface area contributed by atoms with Gasteiger partial charge in [0, 0.05) is 44.2 Å². The van der Waals surface area contributed by atoms with Gasteiger partial charge in [-0.3, -0.25) is 9.79 Å². The molecule has 1 heterocycles. The zero-order chi connectivity index (χ0) is 17.8. The molecule has 5 nitrogen and oxygen atoms in total. The van der Waals surface area contributed by atoms with Crippen molar-refractivity contribution in [1.29, 1.82) is 0 Å². The molecule has 0 aromatic heterocycles. The van der Waals surface area contributed by atoms with Crippen LogP contribution in [0.25, 0.3) is 0 Å². The van der Waals surface area contributed by atoms with Gasteiger partial charge in [-0.2, -0.15) is 11.8 Å². The number of nitrogens with one attached hydrogen (secondary N) is 1. The third kappa shape index (κ3) is 5.91. The van der Waals surface area contributed by atoms with E-state index in [0.29, 0.717) is 6.54 Å². The maximum atomic E-state index is 12.7. The molecule has 1 N–H and O–H groups in total. The predicted molar refractivity (Wildman–Crippen MR) is 119 cm³/mol. The Bertz CT molecular complexity index is 476. The molecule has 0 radical (unpaired) electrons. The quantitative estimate of drug-likeness (QED) is 0.380. The molecule has 1 aliphatic carbocycles. The topological polar surface area (TPSA) is 47.9 Å². The van der Waals surface area contributed by atoms with Crippen LogP contribution in [0.3, 0.4) is 0 Å². The number of halogens is 1. The second kappa shape index (κ2) is 9.67. The second-order valence-electron chi connectivity index (χ2n) is 7.89. The summed E-state index contributed by atoms with van der Waals surface area (Å²) in [5.74, 6) is 2.34. The largest absolute Gasteiger partial charge is 0.357 e. The first-order valence-electron chi connectivity index (χ1n) is 9.19. The van der Waals surface area contributed by atoms with E-state index < -0.39 is 0 Å². The molecular weight excluding hydrogens is 447 g/mol. The SMILES string of the molecule is CCNC(=NCC1(C(=O)N(C)C)CCCC1)N1CCSC(C)(C)C1.I. The molecule has 1 saturated carbocycles. The summed E-state index contributed by atoms with van der Waals surface area (Å²) in [6.45, 7) is 10.2. The summed E-state index contributed by atoms with van der Waals surface area (Å²) >= 11 is 2.03. The number of carbonyl (C=O) groups is 1. The van der Waals surface area contributed by atoms with E-state index in [0.717, 1.165) is 57.0 Å². The van der Waals surface area contributed by atoms with E-state index in [1.807, 2.05) is 25.9 Å². The minimum Gasteiger partial charge on any atom is -0.357 e. The molecule has 2 aliphatic rings. The molecule has 2 rings (SSSR count). The van der Waals surface area contributed by atoms with Crippen LogP contribution in [0.1, 0.15) is 46.5 Å². The number of hydrogen-bond donors (Lipinski definition) is 1. The van der Waals surface area contributed by atoms with Crippen molar-refractivity contribution in [2.24, 2.45) is 10.4 Å². The zero-order valence-corrected chi connectivity index (χ0v) is 19.6. The molecule has 7 heteroatoms. The van der Waals surface area contributed by atoms with Crippen molar-refractivity contribution in [3.05, 3.63) is 0 Å². The summed E-state index contributed by atoms with van der Waals surface area (Å²) < 4.78 is 0.249. The molecule has 1 amide bonds. The molecule has 2 fully saturated rings. The van der Waals surface area contributed by atoms with Gasteiger partial charge in [0.1, 0.15) is 0 Å². The van der Waals surface area contributed by atoms with Crippen molar-refractivity contribution < 1.29 is 4.79 Å². The second-order valence-corrected chi connectivity index (χ2v) is 9.69. The maximum absolute atomic E-state index is 12.7. The van der Waals surface area contributed by atoms with Crippen LogP contribution in [0, 0.1) is 5.41 Å². The van der Waals surface area contributed by atoms with Crippen LogP contribution < -0.4 is 5.32 Å². The number of hydrogen-bond acceptors (Lipinski definition) is 3. The molecule has 0 aromatic rings. The molecule has 25 heavy (non-hydrogen) atoms. The lowest BCUT2D eigenvalue weighted by atomic mass is 9.85. The summed E-state index contributed by atoms with van der Waals surface area (Å²) in [6, 6.07) is 0. The van der Waals surface area contributed by atoms with Gasteiger partial charge >= 0.3 is 0 Å². The first kappa shape index (κ1) is 22.9. The highest BCUT2D eigenvalue weighted by atomic mass is 127. The van der Waals surface area contributed by atoms with Gasteiger partial charge in [0.15, 0.2) is 5.96 Å². The standard InChI is InChI=1S/C18H34N4OS.HI/c1-6-19-16(22-11-12-24-17(2,3)14-22)20-13-18(9-7-8-10-18)15(23)21(4)5;/h6-14H2,1-5H3,(H,19,20);1H. The van der Waals surface area contributed by atoms with Gasteiger partial charge < -0.3 is 15.1 Å². The summed E-state index contributed by atoms with van der Waals surface area (Å²) in [4.78, 5) is 21.8. The monoisotopic (exact) mass is 482 g/mol. The Kier molecular flexibility index (Phi) is 8.84.